The van der Waals surface area contributed by atoms with Crippen LogP contribution in [0.1, 0.15) is 41.0 Å². The molecule has 0 aromatic carbocycles. The average Bonchev–Trinajstić information content (AvgIpc) is 2.20. The highest BCUT2D eigenvalue weighted by molar-refractivity contribution is 7.79. The van der Waals surface area contributed by atoms with Gasteiger partial charge < -0.3 is 15.6 Å². The molecule has 0 aliphatic rings. The molecule has 0 amide bonds. The second kappa shape index (κ2) is 7.85. The fourth-order valence-corrected chi connectivity index (χ4v) is 1.24. The van der Waals surface area contributed by atoms with Crippen LogP contribution in [0.3, 0.4) is 0 Å². The average molecular weight is 327 g/mol. The number of esters is 1. The smallest absolute Gasteiger partial charge is 0.394 e. The molecule has 126 valence electrons. The van der Waals surface area contributed by atoms with Crippen LogP contribution in [0.25, 0.3) is 0 Å². The third kappa shape index (κ3) is 9.53. The maximum atomic E-state index is 11.4. The SMILES string of the molecule is C=C(C)C(=O)OC(CC)C(C)(O)C(C)(C)N.O=S(=O)(O)O. The molecule has 0 heterocycles. The number of aliphatic hydroxyl groups is 1. The van der Waals surface area contributed by atoms with Crippen molar-refractivity contribution in [2.45, 2.75) is 58.3 Å². The molecule has 2 unspecified atom stereocenters. The topological polar surface area (TPSA) is 147 Å². The van der Waals surface area contributed by atoms with Gasteiger partial charge in [0.1, 0.15) is 11.7 Å². The third-order valence-corrected chi connectivity index (χ3v) is 2.90. The molecule has 9 heteroatoms. The third-order valence-electron chi connectivity index (χ3n) is 2.90. The number of hydrogen-bond acceptors (Lipinski definition) is 6. The normalized spacial score (nSPS) is 16.0. The molecule has 0 radical (unpaired) electrons. The van der Waals surface area contributed by atoms with Gasteiger partial charge in [0.25, 0.3) is 0 Å². The largest absolute Gasteiger partial charge is 0.456 e. The van der Waals surface area contributed by atoms with Crippen LogP contribution in [0.2, 0.25) is 0 Å². The van der Waals surface area contributed by atoms with Crippen molar-refractivity contribution in [3.63, 3.8) is 0 Å². The van der Waals surface area contributed by atoms with E-state index in [0.717, 1.165) is 0 Å². The van der Waals surface area contributed by atoms with Crippen molar-refractivity contribution < 1.29 is 32.2 Å². The molecule has 2 atom stereocenters. The zero-order chi connectivity index (χ0) is 17.6. The first-order valence-corrected chi connectivity index (χ1v) is 7.51. The highest BCUT2D eigenvalue weighted by Gasteiger charge is 2.44. The van der Waals surface area contributed by atoms with Crippen LogP contribution in [-0.4, -0.2) is 45.8 Å². The van der Waals surface area contributed by atoms with Crippen LogP contribution < -0.4 is 5.73 Å². The molecule has 0 aromatic rings. The molecule has 21 heavy (non-hydrogen) atoms. The van der Waals surface area contributed by atoms with Gasteiger partial charge in [-0.05, 0) is 34.1 Å². The highest BCUT2D eigenvalue weighted by atomic mass is 32.3. The lowest BCUT2D eigenvalue weighted by Crippen LogP contribution is -2.61. The Balaban J connectivity index is 0. The van der Waals surface area contributed by atoms with Gasteiger partial charge in [-0.15, -0.1) is 0 Å². The molecule has 0 spiro atoms. The molecule has 8 nitrogen and oxygen atoms in total. The minimum atomic E-state index is -4.67. The Morgan fingerprint density at radius 1 is 1.33 bits per heavy atom. The first-order chi connectivity index (χ1) is 9.04. The number of rotatable bonds is 5. The molecule has 0 aliphatic carbocycles. The van der Waals surface area contributed by atoms with Crippen molar-refractivity contribution in [1.82, 2.24) is 0 Å². The molecule has 0 aliphatic heterocycles. The van der Waals surface area contributed by atoms with Crippen molar-refractivity contribution in [2.75, 3.05) is 0 Å². The van der Waals surface area contributed by atoms with Gasteiger partial charge in [0.15, 0.2) is 0 Å². The first kappa shape index (κ1) is 22.3. The maximum Gasteiger partial charge on any atom is 0.394 e. The van der Waals surface area contributed by atoms with E-state index in [1.54, 1.807) is 27.7 Å². The van der Waals surface area contributed by atoms with E-state index in [2.05, 4.69) is 6.58 Å². The van der Waals surface area contributed by atoms with E-state index in [1.807, 2.05) is 6.92 Å². The number of hydrogen-bond donors (Lipinski definition) is 4. The summed E-state index contributed by atoms with van der Waals surface area (Å²) in [4.78, 5) is 11.4. The summed E-state index contributed by atoms with van der Waals surface area (Å²) in [6.07, 6.45) is -0.149. The standard InChI is InChI=1S/C12H23NO3.H2O4S/c1-7-9(16-10(14)8(2)3)12(6,15)11(4,5)13;1-5(2,3)4/h9,15H,2,7,13H2,1,3-6H3;(H2,1,2,3,4). The van der Waals surface area contributed by atoms with Gasteiger partial charge in [0.05, 0.1) is 0 Å². The van der Waals surface area contributed by atoms with E-state index in [9.17, 15) is 9.90 Å². The van der Waals surface area contributed by atoms with Crippen LogP contribution in [0.4, 0.5) is 0 Å². The zero-order valence-corrected chi connectivity index (χ0v) is 13.8. The monoisotopic (exact) mass is 327 g/mol. The summed E-state index contributed by atoms with van der Waals surface area (Å²) in [6, 6.07) is 0. The van der Waals surface area contributed by atoms with Gasteiger partial charge in [-0.2, -0.15) is 8.42 Å². The van der Waals surface area contributed by atoms with E-state index in [0.29, 0.717) is 12.0 Å². The van der Waals surface area contributed by atoms with Crippen molar-refractivity contribution in [2.24, 2.45) is 5.73 Å². The minimum absolute atomic E-state index is 0.309. The summed E-state index contributed by atoms with van der Waals surface area (Å²) in [5.41, 5.74) is 4.04. The predicted molar refractivity (Wildman–Crippen MR) is 78.1 cm³/mol. The Morgan fingerprint density at radius 2 is 1.67 bits per heavy atom. The summed E-state index contributed by atoms with van der Waals surface area (Å²) in [6.45, 7) is 11.9. The van der Waals surface area contributed by atoms with Gasteiger partial charge in [-0.25, -0.2) is 4.79 Å². The molecule has 0 saturated carbocycles. The second-order valence-electron chi connectivity index (χ2n) is 5.40. The summed E-state index contributed by atoms with van der Waals surface area (Å²) in [5.74, 6) is -0.503. The van der Waals surface area contributed by atoms with E-state index in [1.165, 1.54) is 0 Å². The van der Waals surface area contributed by atoms with Crippen molar-refractivity contribution in [3.8, 4) is 0 Å². The Kier molecular flexibility index (Phi) is 8.33. The molecular formula is C12H25NO7S. The molecule has 0 rings (SSSR count). The lowest BCUT2D eigenvalue weighted by atomic mass is 9.79. The Labute approximate surface area is 125 Å². The highest BCUT2D eigenvalue weighted by Crippen LogP contribution is 2.27. The first-order valence-electron chi connectivity index (χ1n) is 6.11. The molecule has 0 fully saturated rings. The quantitative estimate of drug-likeness (QED) is 0.328. The van der Waals surface area contributed by atoms with E-state index >= 15 is 0 Å². The number of nitrogens with two attached hydrogens (primary N) is 1. The molecular weight excluding hydrogens is 302 g/mol. The molecule has 0 aromatic heterocycles. The van der Waals surface area contributed by atoms with Crippen molar-refractivity contribution in [1.29, 1.82) is 0 Å². The van der Waals surface area contributed by atoms with E-state index < -0.39 is 33.6 Å². The molecule has 0 bridgehead atoms. The molecule has 5 N–H and O–H groups in total. The Hall–Kier alpha value is -1.00. The van der Waals surface area contributed by atoms with Crippen LogP contribution in [0.15, 0.2) is 12.2 Å². The van der Waals surface area contributed by atoms with Crippen molar-refractivity contribution >= 4 is 16.4 Å². The fourth-order valence-electron chi connectivity index (χ4n) is 1.24. The number of ether oxygens (including phenoxy) is 1. The number of carbonyl (C=O) groups excluding carboxylic acids is 1. The van der Waals surface area contributed by atoms with Gasteiger partial charge in [-0.1, -0.05) is 13.5 Å². The second-order valence-corrected chi connectivity index (χ2v) is 6.30. The van der Waals surface area contributed by atoms with Gasteiger partial charge in [0, 0.05) is 11.1 Å². The van der Waals surface area contributed by atoms with Gasteiger partial charge in [-0.3, -0.25) is 9.11 Å². The van der Waals surface area contributed by atoms with Crippen molar-refractivity contribution in [3.05, 3.63) is 12.2 Å². The fraction of sp³-hybridized carbons (Fsp3) is 0.750. The summed E-state index contributed by atoms with van der Waals surface area (Å²) in [7, 11) is -4.67. The van der Waals surface area contributed by atoms with Crippen LogP contribution in [0, 0.1) is 0 Å². The Bertz CT molecular complexity index is 454. The van der Waals surface area contributed by atoms with E-state index in [4.69, 9.17) is 28.0 Å². The van der Waals surface area contributed by atoms with Gasteiger partial charge in [0.2, 0.25) is 0 Å². The van der Waals surface area contributed by atoms with Crippen LogP contribution >= 0.6 is 0 Å². The van der Waals surface area contributed by atoms with Crippen LogP contribution in [-0.2, 0) is 19.9 Å². The summed E-state index contributed by atoms with van der Waals surface area (Å²) >= 11 is 0. The Morgan fingerprint density at radius 3 is 1.86 bits per heavy atom. The predicted octanol–water partition coefficient (Wildman–Crippen LogP) is 0.720. The lowest BCUT2D eigenvalue weighted by molar-refractivity contribution is -0.166. The summed E-state index contributed by atoms with van der Waals surface area (Å²) < 4.78 is 36.8. The van der Waals surface area contributed by atoms with Crippen LogP contribution in [0.5, 0.6) is 0 Å². The van der Waals surface area contributed by atoms with Gasteiger partial charge >= 0.3 is 16.4 Å². The number of carbonyl (C=O) groups is 1. The maximum absolute atomic E-state index is 11.4. The summed E-state index contributed by atoms with van der Waals surface area (Å²) in [5, 5.41) is 10.3. The van der Waals surface area contributed by atoms with E-state index in [-0.39, 0.29) is 0 Å². The zero-order valence-electron chi connectivity index (χ0n) is 13.0. The lowest BCUT2D eigenvalue weighted by Gasteiger charge is -2.41. The molecule has 0 saturated heterocycles. The minimum Gasteiger partial charge on any atom is -0.456 e.